The summed E-state index contributed by atoms with van der Waals surface area (Å²) in [6.07, 6.45) is 2.68. The Bertz CT molecular complexity index is 735. The largest absolute Gasteiger partial charge is 0.493 e. The normalized spacial score (nSPS) is 21.6. The van der Waals surface area contributed by atoms with E-state index >= 15 is 0 Å². The van der Waals surface area contributed by atoms with Gasteiger partial charge in [0.1, 0.15) is 11.4 Å². The number of para-hydroxylation sites is 1. The van der Waals surface area contributed by atoms with Crippen LogP contribution in [0.25, 0.3) is 0 Å². The third kappa shape index (κ3) is 6.92. The van der Waals surface area contributed by atoms with Gasteiger partial charge in [-0.05, 0) is 51.7 Å². The van der Waals surface area contributed by atoms with Crippen molar-refractivity contribution in [1.29, 1.82) is 0 Å². The van der Waals surface area contributed by atoms with Gasteiger partial charge in [0, 0.05) is 38.6 Å². The minimum atomic E-state index is -0.477. The average molecular weight is 530 g/mol. The van der Waals surface area contributed by atoms with Crippen LogP contribution in [-0.4, -0.2) is 61.9 Å². The number of hydrogen-bond donors (Lipinski definition) is 2. The number of fused-ring (bicyclic) bond motifs is 1. The molecule has 8 heteroatoms. The van der Waals surface area contributed by atoms with E-state index in [2.05, 4.69) is 27.8 Å². The second-order valence-corrected chi connectivity index (χ2v) is 8.73. The highest BCUT2D eigenvalue weighted by molar-refractivity contribution is 14.0. The minimum Gasteiger partial charge on any atom is -0.493 e. The van der Waals surface area contributed by atoms with Gasteiger partial charge in [0.15, 0.2) is 5.96 Å². The first kappa shape index (κ1) is 24.6. The molecule has 2 atom stereocenters. The Balaban J connectivity index is 0.00000320. The molecule has 7 nitrogen and oxygen atoms in total. The van der Waals surface area contributed by atoms with Gasteiger partial charge in [0.05, 0.1) is 6.61 Å². The molecule has 1 fully saturated rings. The van der Waals surface area contributed by atoms with E-state index in [1.807, 2.05) is 32.9 Å². The number of carbonyl (C=O) groups excluding carboxylic acids is 1. The fraction of sp³-hybridized carbons (Fsp3) is 0.636. The molecule has 0 radical (unpaired) electrons. The molecule has 2 heterocycles. The maximum Gasteiger partial charge on any atom is 0.410 e. The van der Waals surface area contributed by atoms with Crippen LogP contribution in [0.5, 0.6) is 5.75 Å². The van der Waals surface area contributed by atoms with Crippen LogP contribution in [0.3, 0.4) is 0 Å². The van der Waals surface area contributed by atoms with Gasteiger partial charge in [-0.25, -0.2) is 4.79 Å². The number of likely N-dealkylation sites (tertiary alicyclic amines) is 1. The van der Waals surface area contributed by atoms with Gasteiger partial charge in [0.25, 0.3) is 0 Å². The molecule has 1 aromatic rings. The van der Waals surface area contributed by atoms with Gasteiger partial charge in [-0.1, -0.05) is 18.2 Å². The molecule has 0 aromatic heterocycles. The number of amides is 1. The van der Waals surface area contributed by atoms with Crippen LogP contribution in [0.2, 0.25) is 0 Å². The topological polar surface area (TPSA) is 75.2 Å². The van der Waals surface area contributed by atoms with Crippen molar-refractivity contribution in [3.05, 3.63) is 29.8 Å². The number of ether oxygens (including phenoxy) is 2. The van der Waals surface area contributed by atoms with Crippen LogP contribution in [0.15, 0.2) is 29.3 Å². The first-order valence-electron chi connectivity index (χ1n) is 10.5. The summed E-state index contributed by atoms with van der Waals surface area (Å²) in [5, 5.41) is 6.93. The Morgan fingerprint density at radius 2 is 2.07 bits per heavy atom. The van der Waals surface area contributed by atoms with Gasteiger partial charge < -0.3 is 25.0 Å². The van der Waals surface area contributed by atoms with E-state index in [0.29, 0.717) is 12.5 Å². The van der Waals surface area contributed by atoms with E-state index in [4.69, 9.17) is 9.47 Å². The molecule has 2 N–H and O–H groups in total. The number of carbonyl (C=O) groups is 1. The van der Waals surface area contributed by atoms with Gasteiger partial charge >= 0.3 is 6.09 Å². The number of nitrogens with zero attached hydrogens (tertiary/aromatic N) is 2. The molecule has 0 aliphatic carbocycles. The van der Waals surface area contributed by atoms with E-state index in [1.165, 1.54) is 5.56 Å². The van der Waals surface area contributed by atoms with Crippen molar-refractivity contribution < 1.29 is 14.3 Å². The maximum atomic E-state index is 12.4. The molecule has 3 rings (SSSR count). The minimum absolute atomic E-state index is 0. The van der Waals surface area contributed by atoms with Gasteiger partial charge in [0.2, 0.25) is 0 Å². The number of aliphatic imine (C=N–C) groups is 1. The van der Waals surface area contributed by atoms with Gasteiger partial charge in [-0.2, -0.15) is 0 Å². The molecule has 30 heavy (non-hydrogen) atoms. The second kappa shape index (κ2) is 11.1. The second-order valence-electron chi connectivity index (χ2n) is 8.73. The molecule has 0 bridgehead atoms. The highest BCUT2D eigenvalue weighted by Crippen LogP contribution is 2.32. The van der Waals surface area contributed by atoms with Crippen molar-refractivity contribution >= 4 is 36.0 Å². The van der Waals surface area contributed by atoms with Crippen LogP contribution < -0.4 is 15.4 Å². The molecule has 1 aromatic carbocycles. The Hall–Kier alpha value is -1.71. The summed E-state index contributed by atoms with van der Waals surface area (Å²) in [5.74, 6) is 2.14. The quantitative estimate of drug-likeness (QED) is 0.354. The average Bonchev–Trinajstić information content (AvgIpc) is 2.70. The first-order chi connectivity index (χ1) is 13.9. The Morgan fingerprint density at radius 3 is 2.80 bits per heavy atom. The Labute approximate surface area is 197 Å². The van der Waals surface area contributed by atoms with E-state index in [-0.39, 0.29) is 36.1 Å². The lowest BCUT2D eigenvalue weighted by molar-refractivity contribution is 0.0193. The lowest BCUT2D eigenvalue weighted by Crippen LogP contribution is -2.53. The van der Waals surface area contributed by atoms with Gasteiger partial charge in [-0.3, -0.25) is 4.99 Å². The predicted octanol–water partition coefficient (Wildman–Crippen LogP) is 3.74. The Kier molecular flexibility index (Phi) is 9.06. The van der Waals surface area contributed by atoms with E-state index in [9.17, 15) is 4.79 Å². The number of nitrogens with one attached hydrogen (secondary N) is 2. The standard InChI is InChI=1S/C22H34N4O3.HI/c1-22(2,3)29-21(27)26-12-7-8-17(15-26)25-20(23-4)24-14-16-11-13-28-19-10-6-5-9-18(16)19;/h5-6,9-10,16-17H,7-8,11-15H2,1-4H3,(H2,23,24,25);1H. The smallest absolute Gasteiger partial charge is 0.410 e. The zero-order chi connectivity index (χ0) is 20.9. The molecule has 168 valence electrons. The lowest BCUT2D eigenvalue weighted by atomic mass is 9.93. The summed E-state index contributed by atoms with van der Waals surface area (Å²) in [6.45, 7) is 8.57. The summed E-state index contributed by atoms with van der Waals surface area (Å²) in [5.41, 5.74) is 0.769. The number of hydrogen-bond acceptors (Lipinski definition) is 4. The summed E-state index contributed by atoms with van der Waals surface area (Å²) in [6, 6.07) is 8.39. The number of piperidine rings is 1. The van der Waals surface area contributed by atoms with Crippen molar-refractivity contribution in [1.82, 2.24) is 15.5 Å². The molecule has 1 saturated heterocycles. The van der Waals surface area contributed by atoms with Crippen molar-refractivity contribution in [2.75, 3.05) is 33.3 Å². The number of rotatable bonds is 3. The highest BCUT2D eigenvalue weighted by Gasteiger charge is 2.28. The number of benzene rings is 1. The van der Waals surface area contributed by atoms with Crippen molar-refractivity contribution in [3.8, 4) is 5.75 Å². The van der Waals surface area contributed by atoms with Crippen LogP contribution in [0.4, 0.5) is 4.79 Å². The van der Waals surface area contributed by atoms with Gasteiger partial charge in [-0.15, -0.1) is 24.0 Å². The van der Waals surface area contributed by atoms with Crippen molar-refractivity contribution in [2.45, 2.75) is 57.6 Å². The predicted molar refractivity (Wildman–Crippen MR) is 130 cm³/mol. The molecule has 1 amide bonds. The number of halogens is 1. The molecular formula is C22H35IN4O3. The zero-order valence-corrected chi connectivity index (χ0v) is 20.8. The molecule has 0 spiro atoms. The monoisotopic (exact) mass is 530 g/mol. The third-order valence-corrected chi connectivity index (χ3v) is 5.24. The highest BCUT2D eigenvalue weighted by atomic mass is 127. The van der Waals surface area contributed by atoms with E-state index in [0.717, 1.165) is 50.7 Å². The van der Waals surface area contributed by atoms with Crippen LogP contribution in [0.1, 0.15) is 51.5 Å². The summed E-state index contributed by atoms with van der Waals surface area (Å²) < 4.78 is 11.3. The van der Waals surface area contributed by atoms with Crippen LogP contribution in [-0.2, 0) is 4.74 Å². The molecule has 2 unspecified atom stereocenters. The number of guanidine groups is 1. The summed E-state index contributed by atoms with van der Waals surface area (Å²) in [7, 11) is 1.78. The SMILES string of the molecule is CN=C(NCC1CCOc2ccccc21)NC1CCCN(C(=O)OC(C)(C)C)C1.I. The Morgan fingerprint density at radius 1 is 1.30 bits per heavy atom. The summed E-state index contributed by atoms with van der Waals surface area (Å²) in [4.78, 5) is 18.5. The van der Waals surface area contributed by atoms with Crippen LogP contribution in [0, 0.1) is 0 Å². The van der Waals surface area contributed by atoms with E-state index in [1.54, 1.807) is 11.9 Å². The third-order valence-electron chi connectivity index (χ3n) is 5.24. The first-order valence-corrected chi connectivity index (χ1v) is 10.5. The lowest BCUT2D eigenvalue weighted by Gasteiger charge is -2.35. The summed E-state index contributed by atoms with van der Waals surface area (Å²) >= 11 is 0. The zero-order valence-electron chi connectivity index (χ0n) is 18.4. The van der Waals surface area contributed by atoms with Crippen LogP contribution >= 0.6 is 24.0 Å². The molecule has 0 saturated carbocycles. The molecule has 2 aliphatic rings. The van der Waals surface area contributed by atoms with Crippen molar-refractivity contribution in [2.24, 2.45) is 4.99 Å². The maximum absolute atomic E-state index is 12.4. The van der Waals surface area contributed by atoms with E-state index < -0.39 is 5.60 Å². The molecule has 2 aliphatic heterocycles. The van der Waals surface area contributed by atoms with Crippen molar-refractivity contribution in [3.63, 3.8) is 0 Å². The fourth-order valence-electron chi connectivity index (χ4n) is 3.82. The fourth-order valence-corrected chi connectivity index (χ4v) is 3.82. The molecular weight excluding hydrogens is 495 g/mol.